The van der Waals surface area contributed by atoms with Crippen molar-refractivity contribution in [2.45, 2.75) is 23.7 Å². The Morgan fingerprint density at radius 2 is 2.10 bits per heavy atom. The number of hydrogen-bond donors (Lipinski definition) is 3. The van der Waals surface area contributed by atoms with E-state index in [0.29, 0.717) is 0 Å². The summed E-state index contributed by atoms with van der Waals surface area (Å²) in [5, 5.41) is 17.6. The van der Waals surface area contributed by atoms with E-state index < -0.39 is 51.4 Å². The number of nitrogens with zero attached hydrogens (tertiary/aromatic N) is 1. The number of nitrogens with one attached hydrogen (secondary N) is 1. The van der Waals surface area contributed by atoms with Gasteiger partial charge in [-0.1, -0.05) is 0 Å². The molecule has 1 aliphatic heterocycles. The molecule has 1 aromatic rings. The molecular formula is C10H14N2O7S. The SMILES string of the molecule is CS(=O)(=O)[C@@H]1[C@H](O)[C@@H](CO)O[C@H]1n1ccc(=O)[nH]c1=O. The van der Waals surface area contributed by atoms with E-state index in [-0.39, 0.29) is 0 Å². The lowest BCUT2D eigenvalue weighted by atomic mass is 10.2. The van der Waals surface area contributed by atoms with Crippen LogP contribution in [-0.2, 0) is 14.6 Å². The zero-order valence-electron chi connectivity index (χ0n) is 10.5. The summed E-state index contributed by atoms with van der Waals surface area (Å²) >= 11 is 0. The van der Waals surface area contributed by atoms with Gasteiger partial charge >= 0.3 is 5.69 Å². The monoisotopic (exact) mass is 306 g/mol. The average molecular weight is 306 g/mol. The van der Waals surface area contributed by atoms with E-state index in [2.05, 4.69) is 0 Å². The van der Waals surface area contributed by atoms with E-state index in [1.165, 1.54) is 0 Å². The summed E-state index contributed by atoms with van der Waals surface area (Å²) in [4.78, 5) is 24.7. The Labute approximate surface area is 113 Å². The molecule has 0 bridgehead atoms. The molecule has 1 aliphatic rings. The minimum absolute atomic E-state index is 0.595. The van der Waals surface area contributed by atoms with E-state index in [4.69, 9.17) is 9.84 Å². The summed E-state index contributed by atoms with van der Waals surface area (Å²) in [7, 11) is -3.76. The van der Waals surface area contributed by atoms with Crippen LogP contribution in [0.25, 0.3) is 0 Å². The quantitative estimate of drug-likeness (QED) is 0.548. The summed E-state index contributed by atoms with van der Waals surface area (Å²) in [5.74, 6) is 0. The van der Waals surface area contributed by atoms with Crippen LogP contribution in [0.5, 0.6) is 0 Å². The Kier molecular flexibility index (Phi) is 3.82. The second-order valence-electron chi connectivity index (χ2n) is 4.55. The van der Waals surface area contributed by atoms with Crippen LogP contribution in [0.15, 0.2) is 21.9 Å². The summed E-state index contributed by atoms with van der Waals surface area (Å²) in [6.45, 7) is -0.595. The highest BCUT2D eigenvalue weighted by molar-refractivity contribution is 7.91. The van der Waals surface area contributed by atoms with Crippen LogP contribution in [0.4, 0.5) is 0 Å². The Bertz CT molecular complexity index is 707. The first-order valence-electron chi connectivity index (χ1n) is 5.70. The summed E-state index contributed by atoms with van der Waals surface area (Å²) < 4.78 is 29.6. The largest absolute Gasteiger partial charge is 0.394 e. The molecule has 0 spiro atoms. The van der Waals surface area contributed by atoms with Crippen molar-refractivity contribution in [2.24, 2.45) is 0 Å². The molecule has 9 nitrogen and oxygen atoms in total. The van der Waals surface area contributed by atoms with E-state index >= 15 is 0 Å². The van der Waals surface area contributed by atoms with Crippen LogP contribution in [-0.4, -0.2) is 58.5 Å². The standard InChI is InChI=1S/C10H14N2O7S/c1-20(17,18)8-7(15)5(4-13)19-9(8)12-3-2-6(14)11-10(12)16/h2-3,5,7-9,13,15H,4H2,1H3,(H,11,14,16)/t5-,7-,8-,9-/m1/s1. The van der Waals surface area contributed by atoms with Gasteiger partial charge in [0.25, 0.3) is 5.56 Å². The maximum Gasteiger partial charge on any atom is 0.330 e. The average Bonchev–Trinajstić information content (AvgIpc) is 2.65. The number of sulfone groups is 1. The number of aliphatic hydroxyl groups excluding tert-OH is 2. The first kappa shape index (κ1) is 14.9. The van der Waals surface area contributed by atoms with Gasteiger partial charge in [-0.3, -0.25) is 14.3 Å². The van der Waals surface area contributed by atoms with Crippen LogP contribution in [0.3, 0.4) is 0 Å². The fourth-order valence-electron chi connectivity index (χ4n) is 2.18. The molecule has 1 aromatic heterocycles. The van der Waals surface area contributed by atoms with Gasteiger partial charge in [-0.05, 0) is 0 Å². The van der Waals surface area contributed by atoms with Crippen molar-refractivity contribution in [3.63, 3.8) is 0 Å². The van der Waals surface area contributed by atoms with Gasteiger partial charge in [-0.25, -0.2) is 13.2 Å². The summed E-state index contributed by atoms with van der Waals surface area (Å²) in [6.07, 6.45) is -1.94. The molecule has 2 heterocycles. The Balaban J connectivity index is 2.53. The Morgan fingerprint density at radius 1 is 1.45 bits per heavy atom. The van der Waals surface area contributed by atoms with E-state index in [9.17, 15) is 23.1 Å². The fraction of sp³-hybridized carbons (Fsp3) is 0.600. The molecule has 0 amide bonds. The molecule has 112 valence electrons. The predicted octanol–water partition coefficient (Wildman–Crippen LogP) is -2.80. The lowest BCUT2D eigenvalue weighted by Crippen LogP contribution is -2.41. The van der Waals surface area contributed by atoms with Crippen LogP contribution in [0.2, 0.25) is 0 Å². The highest BCUT2D eigenvalue weighted by Crippen LogP contribution is 2.32. The molecule has 2 rings (SSSR count). The molecule has 10 heteroatoms. The normalized spacial score (nSPS) is 30.6. The Morgan fingerprint density at radius 3 is 2.60 bits per heavy atom. The number of H-pyrrole nitrogens is 1. The van der Waals surface area contributed by atoms with Crippen molar-refractivity contribution in [3.05, 3.63) is 33.1 Å². The van der Waals surface area contributed by atoms with Crippen molar-refractivity contribution in [1.82, 2.24) is 9.55 Å². The molecule has 20 heavy (non-hydrogen) atoms. The van der Waals surface area contributed by atoms with E-state index in [0.717, 1.165) is 23.1 Å². The van der Waals surface area contributed by atoms with Gasteiger partial charge in [0, 0.05) is 18.5 Å². The molecule has 0 aromatic carbocycles. The predicted molar refractivity (Wildman–Crippen MR) is 67.0 cm³/mol. The van der Waals surface area contributed by atoms with Gasteiger partial charge in [-0.2, -0.15) is 0 Å². The van der Waals surface area contributed by atoms with Crippen molar-refractivity contribution in [3.8, 4) is 0 Å². The molecule has 4 atom stereocenters. The number of ether oxygens (including phenoxy) is 1. The van der Waals surface area contributed by atoms with Gasteiger partial charge in [0.1, 0.15) is 17.5 Å². The van der Waals surface area contributed by atoms with Gasteiger partial charge < -0.3 is 14.9 Å². The number of aromatic nitrogens is 2. The number of aromatic amines is 1. The van der Waals surface area contributed by atoms with Crippen LogP contribution in [0, 0.1) is 0 Å². The number of aliphatic hydroxyl groups is 2. The van der Waals surface area contributed by atoms with Crippen molar-refractivity contribution >= 4 is 9.84 Å². The highest BCUT2D eigenvalue weighted by atomic mass is 32.2. The molecule has 0 saturated carbocycles. The molecular weight excluding hydrogens is 292 g/mol. The third-order valence-electron chi connectivity index (χ3n) is 3.11. The zero-order valence-corrected chi connectivity index (χ0v) is 11.3. The van der Waals surface area contributed by atoms with Crippen molar-refractivity contribution in [2.75, 3.05) is 12.9 Å². The van der Waals surface area contributed by atoms with Gasteiger partial charge in [-0.15, -0.1) is 0 Å². The second kappa shape index (κ2) is 5.13. The first-order chi connectivity index (χ1) is 9.25. The topological polar surface area (TPSA) is 139 Å². The molecule has 0 unspecified atom stereocenters. The maximum absolute atomic E-state index is 11.8. The van der Waals surface area contributed by atoms with Gasteiger partial charge in [0.15, 0.2) is 16.1 Å². The minimum atomic E-state index is -3.76. The van der Waals surface area contributed by atoms with Crippen LogP contribution >= 0.6 is 0 Å². The van der Waals surface area contributed by atoms with Gasteiger partial charge in [0.2, 0.25) is 0 Å². The number of rotatable bonds is 3. The van der Waals surface area contributed by atoms with Gasteiger partial charge in [0.05, 0.1) is 6.61 Å². The molecule has 0 radical (unpaired) electrons. The molecule has 1 saturated heterocycles. The third kappa shape index (κ3) is 2.54. The summed E-state index contributed by atoms with van der Waals surface area (Å²) in [5.41, 5.74) is -1.50. The van der Waals surface area contributed by atoms with Crippen molar-refractivity contribution in [1.29, 1.82) is 0 Å². The highest BCUT2D eigenvalue weighted by Gasteiger charge is 2.50. The lowest BCUT2D eigenvalue weighted by molar-refractivity contribution is -0.0457. The fourth-order valence-corrected chi connectivity index (χ4v) is 3.48. The smallest absolute Gasteiger partial charge is 0.330 e. The van der Waals surface area contributed by atoms with E-state index in [1.807, 2.05) is 4.98 Å². The molecule has 0 aliphatic carbocycles. The molecule has 3 N–H and O–H groups in total. The zero-order chi connectivity index (χ0) is 15.1. The third-order valence-corrected chi connectivity index (χ3v) is 4.61. The van der Waals surface area contributed by atoms with Crippen molar-refractivity contribution < 1.29 is 23.4 Å². The first-order valence-corrected chi connectivity index (χ1v) is 7.66. The lowest BCUT2D eigenvalue weighted by Gasteiger charge is -2.19. The number of hydrogen-bond acceptors (Lipinski definition) is 7. The second-order valence-corrected chi connectivity index (χ2v) is 6.75. The Hall–Kier alpha value is -1.49. The maximum atomic E-state index is 11.8. The van der Waals surface area contributed by atoms with Crippen LogP contribution in [0.1, 0.15) is 6.23 Å². The van der Waals surface area contributed by atoms with E-state index in [1.54, 1.807) is 0 Å². The minimum Gasteiger partial charge on any atom is -0.394 e. The molecule has 1 fully saturated rings. The van der Waals surface area contributed by atoms with Crippen LogP contribution < -0.4 is 11.2 Å². The summed E-state index contributed by atoms with van der Waals surface area (Å²) in [6, 6.07) is 1.03.